The Bertz CT molecular complexity index is 704. The van der Waals surface area contributed by atoms with E-state index in [4.69, 9.17) is 4.74 Å². The molecule has 1 heterocycles. The van der Waals surface area contributed by atoms with Gasteiger partial charge in [-0.2, -0.15) is 0 Å². The van der Waals surface area contributed by atoms with Gasteiger partial charge in [-0.05, 0) is 68.3 Å². The number of benzene rings is 1. The van der Waals surface area contributed by atoms with Crippen LogP contribution in [0.1, 0.15) is 63.5 Å². The molecule has 1 aromatic rings. The Morgan fingerprint density at radius 1 is 1.15 bits per heavy atom. The summed E-state index contributed by atoms with van der Waals surface area (Å²) in [5.74, 6) is 1.52. The molecule has 4 bridgehead atoms. The third-order valence-corrected chi connectivity index (χ3v) is 7.46. The summed E-state index contributed by atoms with van der Waals surface area (Å²) >= 11 is 0. The van der Waals surface area contributed by atoms with Crippen LogP contribution in [-0.2, 0) is 9.53 Å². The van der Waals surface area contributed by atoms with Crippen molar-refractivity contribution in [2.45, 2.75) is 69.7 Å². The van der Waals surface area contributed by atoms with Crippen molar-refractivity contribution in [1.82, 2.24) is 4.90 Å². The molecule has 0 unspecified atom stereocenters. The third-order valence-electron chi connectivity index (χ3n) is 7.46. The molecule has 0 radical (unpaired) electrons. The van der Waals surface area contributed by atoms with E-state index < -0.39 is 5.60 Å². The zero-order chi connectivity index (χ0) is 18.6. The molecule has 0 spiro atoms. The number of hydrogen-bond donors (Lipinski definition) is 1. The van der Waals surface area contributed by atoms with Gasteiger partial charge in [0.1, 0.15) is 6.10 Å². The molecular weight excluding hydrogens is 338 g/mol. The number of morpholine rings is 1. The lowest BCUT2D eigenvalue weighted by Crippen LogP contribution is -2.57. The fourth-order valence-electron chi connectivity index (χ4n) is 7.05. The summed E-state index contributed by atoms with van der Waals surface area (Å²) in [6, 6.07) is 10.2. The molecule has 6 rings (SSSR count). The van der Waals surface area contributed by atoms with E-state index in [2.05, 4.69) is 19.1 Å². The van der Waals surface area contributed by atoms with Gasteiger partial charge in [0, 0.05) is 13.0 Å². The Hall–Kier alpha value is -1.39. The van der Waals surface area contributed by atoms with Crippen molar-refractivity contribution in [3.8, 4) is 0 Å². The van der Waals surface area contributed by atoms with Crippen LogP contribution >= 0.6 is 0 Å². The molecular formula is C23H31NO3. The van der Waals surface area contributed by atoms with Crippen LogP contribution in [0, 0.1) is 17.3 Å². The maximum absolute atomic E-state index is 13.3. The molecule has 1 amide bonds. The van der Waals surface area contributed by atoms with Gasteiger partial charge in [-0.1, -0.05) is 30.3 Å². The fourth-order valence-corrected chi connectivity index (χ4v) is 7.05. The van der Waals surface area contributed by atoms with Crippen LogP contribution in [0.2, 0.25) is 0 Å². The minimum atomic E-state index is -0.491. The van der Waals surface area contributed by atoms with Crippen LogP contribution in [0.4, 0.5) is 0 Å². The first kappa shape index (κ1) is 17.7. The monoisotopic (exact) mass is 369 g/mol. The molecule has 4 atom stereocenters. The molecule has 5 aliphatic rings. The van der Waals surface area contributed by atoms with Crippen LogP contribution in [-0.4, -0.2) is 40.7 Å². The number of hydrogen-bond acceptors (Lipinski definition) is 3. The molecule has 4 aliphatic carbocycles. The highest BCUT2D eigenvalue weighted by molar-refractivity contribution is 5.77. The van der Waals surface area contributed by atoms with Crippen molar-refractivity contribution in [3.05, 3.63) is 35.9 Å². The van der Waals surface area contributed by atoms with Crippen molar-refractivity contribution in [2.24, 2.45) is 17.3 Å². The topological polar surface area (TPSA) is 49.8 Å². The Morgan fingerprint density at radius 3 is 2.52 bits per heavy atom. The second-order valence-electron chi connectivity index (χ2n) is 10.0. The van der Waals surface area contributed by atoms with Gasteiger partial charge in [-0.25, -0.2) is 0 Å². The lowest BCUT2D eigenvalue weighted by atomic mass is 9.47. The summed E-state index contributed by atoms with van der Waals surface area (Å²) in [6.45, 7) is 3.37. The standard InChI is InChI=1S/C23H31NO3/c1-16-13-24(14-20(27-16)19-5-3-2-4-6-19)21(25)12-22-8-17-7-18(9-22)11-23(26,10-17)15-22/h2-6,16-18,20,26H,7-15H2,1H3/t16-,17-,18-,20+,22?,23?/m1/s1. The SMILES string of the molecule is C[C@@H]1CN(C(=O)CC23C[C@H]4C[C@@H](CC(O)(C4)C2)C3)C[C@@H](c2ccccc2)O1. The summed E-state index contributed by atoms with van der Waals surface area (Å²) in [4.78, 5) is 15.3. The highest BCUT2D eigenvalue weighted by Gasteiger charge is 2.57. The highest BCUT2D eigenvalue weighted by Crippen LogP contribution is 2.62. The van der Waals surface area contributed by atoms with E-state index in [1.54, 1.807) is 0 Å². The van der Waals surface area contributed by atoms with Crippen molar-refractivity contribution in [2.75, 3.05) is 13.1 Å². The zero-order valence-corrected chi connectivity index (χ0v) is 16.3. The van der Waals surface area contributed by atoms with E-state index in [0.717, 1.165) is 37.7 Å². The summed E-state index contributed by atoms with van der Waals surface area (Å²) in [5, 5.41) is 11.0. The van der Waals surface area contributed by atoms with Gasteiger partial charge in [0.2, 0.25) is 5.91 Å². The summed E-state index contributed by atoms with van der Waals surface area (Å²) < 4.78 is 6.13. The molecule has 1 saturated heterocycles. The largest absolute Gasteiger partial charge is 0.390 e. The van der Waals surface area contributed by atoms with Crippen LogP contribution in [0.5, 0.6) is 0 Å². The first-order valence-corrected chi connectivity index (χ1v) is 10.6. The Labute approximate surface area is 161 Å². The third kappa shape index (κ3) is 3.31. The Kier molecular flexibility index (Phi) is 4.14. The van der Waals surface area contributed by atoms with Gasteiger partial charge in [-0.15, -0.1) is 0 Å². The molecule has 4 nitrogen and oxygen atoms in total. The molecule has 5 fully saturated rings. The predicted molar refractivity (Wildman–Crippen MR) is 103 cm³/mol. The molecule has 1 aromatic carbocycles. The molecule has 27 heavy (non-hydrogen) atoms. The first-order chi connectivity index (χ1) is 12.9. The van der Waals surface area contributed by atoms with Gasteiger partial charge in [-0.3, -0.25) is 4.79 Å². The molecule has 146 valence electrons. The average molecular weight is 370 g/mol. The van der Waals surface area contributed by atoms with Crippen molar-refractivity contribution < 1.29 is 14.6 Å². The van der Waals surface area contributed by atoms with E-state index >= 15 is 0 Å². The molecule has 4 saturated carbocycles. The van der Waals surface area contributed by atoms with E-state index in [9.17, 15) is 9.90 Å². The van der Waals surface area contributed by atoms with Crippen molar-refractivity contribution in [1.29, 1.82) is 0 Å². The first-order valence-electron chi connectivity index (χ1n) is 10.6. The van der Waals surface area contributed by atoms with Gasteiger partial charge in [0.25, 0.3) is 0 Å². The number of nitrogens with zero attached hydrogens (tertiary/aromatic N) is 1. The second-order valence-corrected chi connectivity index (χ2v) is 10.0. The van der Waals surface area contributed by atoms with Gasteiger partial charge in [0.05, 0.1) is 18.2 Å². The van der Waals surface area contributed by atoms with Gasteiger partial charge >= 0.3 is 0 Å². The Morgan fingerprint density at radius 2 is 1.85 bits per heavy atom. The van der Waals surface area contributed by atoms with Crippen molar-refractivity contribution in [3.63, 3.8) is 0 Å². The second kappa shape index (κ2) is 6.31. The predicted octanol–water partition coefficient (Wildman–Crippen LogP) is 3.70. The summed E-state index contributed by atoms with van der Waals surface area (Å²) in [6.07, 6.45) is 6.92. The van der Waals surface area contributed by atoms with Crippen LogP contribution < -0.4 is 0 Å². The normalized spacial score (nSPS) is 43.1. The lowest BCUT2D eigenvalue weighted by molar-refractivity contribution is -0.175. The zero-order valence-electron chi connectivity index (χ0n) is 16.3. The molecule has 1 aliphatic heterocycles. The van der Waals surface area contributed by atoms with E-state index in [1.165, 1.54) is 6.42 Å². The van der Waals surface area contributed by atoms with Gasteiger partial charge in [0.15, 0.2) is 0 Å². The van der Waals surface area contributed by atoms with Crippen LogP contribution in [0.25, 0.3) is 0 Å². The number of ether oxygens (including phenoxy) is 1. The van der Waals surface area contributed by atoms with Crippen molar-refractivity contribution >= 4 is 5.91 Å². The van der Waals surface area contributed by atoms with Crippen LogP contribution in [0.3, 0.4) is 0 Å². The maximum atomic E-state index is 13.3. The minimum absolute atomic E-state index is 0.0414. The summed E-state index contributed by atoms with van der Waals surface area (Å²) in [5.41, 5.74) is 0.695. The van der Waals surface area contributed by atoms with E-state index in [1.807, 2.05) is 23.1 Å². The summed E-state index contributed by atoms with van der Waals surface area (Å²) in [7, 11) is 0. The van der Waals surface area contributed by atoms with E-state index in [-0.39, 0.29) is 23.5 Å². The maximum Gasteiger partial charge on any atom is 0.223 e. The fraction of sp³-hybridized carbons (Fsp3) is 0.696. The molecule has 1 N–H and O–H groups in total. The molecule has 4 heteroatoms. The lowest BCUT2D eigenvalue weighted by Gasteiger charge is -2.60. The number of carbonyl (C=O) groups is 1. The van der Waals surface area contributed by atoms with Gasteiger partial charge < -0.3 is 14.7 Å². The number of carbonyl (C=O) groups excluding carboxylic acids is 1. The molecule has 0 aromatic heterocycles. The number of aliphatic hydroxyl groups is 1. The number of amides is 1. The minimum Gasteiger partial charge on any atom is -0.390 e. The average Bonchev–Trinajstić information content (AvgIpc) is 2.59. The Balaban J connectivity index is 1.31. The highest BCUT2D eigenvalue weighted by atomic mass is 16.5. The number of rotatable bonds is 3. The van der Waals surface area contributed by atoms with E-state index in [0.29, 0.717) is 31.3 Å². The smallest absolute Gasteiger partial charge is 0.223 e. The van der Waals surface area contributed by atoms with Crippen LogP contribution in [0.15, 0.2) is 30.3 Å². The quantitative estimate of drug-likeness (QED) is 0.884.